The molecule has 5 heteroatoms. The number of carbonyl (C=O) groups is 2. The molecule has 0 heterocycles. The summed E-state index contributed by atoms with van der Waals surface area (Å²) >= 11 is 0. The monoisotopic (exact) mass is 174 g/mol. The molecule has 0 saturated heterocycles. The van der Waals surface area contributed by atoms with Crippen molar-refractivity contribution < 1.29 is 14.7 Å². The molecule has 12 heavy (non-hydrogen) atoms. The average Bonchev–Trinajstić information content (AvgIpc) is 2.03. The topological polar surface area (TPSA) is 78.4 Å². The highest BCUT2D eigenvalue weighted by Gasteiger charge is 2.09. The molecule has 1 amide bonds. The summed E-state index contributed by atoms with van der Waals surface area (Å²) in [5.74, 6) is -1.01. The van der Waals surface area contributed by atoms with Gasteiger partial charge in [-0.3, -0.25) is 9.59 Å². The maximum absolute atomic E-state index is 10.7. The molecule has 0 aliphatic heterocycles. The van der Waals surface area contributed by atoms with E-state index in [1.165, 1.54) is 6.92 Å². The quantitative estimate of drug-likeness (QED) is 0.509. The van der Waals surface area contributed by atoms with Crippen LogP contribution in [-0.2, 0) is 9.59 Å². The van der Waals surface area contributed by atoms with Crippen LogP contribution >= 0.6 is 0 Å². The van der Waals surface area contributed by atoms with Gasteiger partial charge in [0.15, 0.2) is 0 Å². The minimum absolute atomic E-state index is 0.0971. The van der Waals surface area contributed by atoms with Crippen molar-refractivity contribution in [2.75, 3.05) is 13.6 Å². The third kappa shape index (κ3) is 4.68. The van der Waals surface area contributed by atoms with Gasteiger partial charge in [0.25, 0.3) is 0 Å². The van der Waals surface area contributed by atoms with Gasteiger partial charge < -0.3 is 15.7 Å². The molecule has 0 aliphatic rings. The van der Waals surface area contributed by atoms with Gasteiger partial charge in [0.05, 0.1) is 0 Å². The van der Waals surface area contributed by atoms with Gasteiger partial charge in [0.2, 0.25) is 5.91 Å². The van der Waals surface area contributed by atoms with Crippen molar-refractivity contribution in [2.45, 2.75) is 19.4 Å². The second-order valence-corrected chi connectivity index (χ2v) is 2.44. The third-order valence-corrected chi connectivity index (χ3v) is 1.45. The first-order valence-electron chi connectivity index (χ1n) is 3.74. The van der Waals surface area contributed by atoms with Crippen molar-refractivity contribution >= 4 is 11.9 Å². The molecule has 0 aromatic rings. The van der Waals surface area contributed by atoms with E-state index in [9.17, 15) is 9.59 Å². The summed E-state index contributed by atoms with van der Waals surface area (Å²) in [7, 11) is 1.54. The maximum atomic E-state index is 10.7. The van der Waals surface area contributed by atoms with E-state index < -0.39 is 12.0 Å². The Morgan fingerprint density at radius 2 is 2.08 bits per heavy atom. The van der Waals surface area contributed by atoms with Gasteiger partial charge in [0, 0.05) is 20.0 Å². The number of rotatable bonds is 5. The number of hydrogen-bond donors (Lipinski definition) is 3. The first-order chi connectivity index (χ1) is 5.57. The third-order valence-electron chi connectivity index (χ3n) is 1.45. The van der Waals surface area contributed by atoms with Crippen molar-refractivity contribution in [3.63, 3.8) is 0 Å². The lowest BCUT2D eigenvalue weighted by Gasteiger charge is -2.07. The molecule has 5 nitrogen and oxygen atoms in total. The number of nitrogens with one attached hydrogen (secondary N) is 2. The molecule has 0 saturated carbocycles. The molecule has 70 valence electrons. The Bertz CT molecular complexity index is 170. The summed E-state index contributed by atoms with van der Waals surface area (Å²) in [6, 6.07) is -0.602. The smallest absolute Gasteiger partial charge is 0.320 e. The Labute approximate surface area is 71.1 Å². The number of aliphatic carboxylic acids is 1. The van der Waals surface area contributed by atoms with Crippen molar-refractivity contribution in [1.29, 1.82) is 0 Å². The molecule has 1 atom stereocenters. The van der Waals surface area contributed by atoms with E-state index in [4.69, 9.17) is 5.11 Å². The van der Waals surface area contributed by atoms with E-state index in [0.29, 0.717) is 13.0 Å². The van der Waals surface area contributed by atoms with E-state index in [0.717, 1.165) is 0 Å². The van der Waals surface area contributed by atoms with Gasteiger partial charge >= 0.3 is 5.97 Å². The molecule has 3 N–H and O–H groups in total. The van der Waals surface area contributed by atoms with Crippen molar-refractivity contribution in [1.82, 2.24) is 10.6 Å². The highest BCUT2D eigenvalue weighted by atomic mass is 16.4. The van der Waals surface area contributed by atoms with Crippen LogP contribution in [0.5, 0.6) is 0 Å². The number of hydrogen-bond acceptors (Lipinski definition) is 3. The van der Waals surface area contributed by atoms with Gasteiger partial charge in [-0.15, -0.1) is 0 Å². The second-order valence-electron chi connectivity index (χ2n) is 2.44. The van der Waals surface area contributed by atoms with Crippen LogP contribution in [0, 0.1) is 0 Å². The summed E-state index contributed by atoms with van der Waals surface area (Å²) in [5.41, 5.74) is 0. The fourth-order valence-electron chi connectivity index (χ4n) is 0.615. The Hall–Kier alpha value is -1.10. The predicted molar refractivity (Wildman–Crippen MR) is 43.8 cm³/mol. The highest BCUT2D eigenvalue weighted by Crippen LogP contribution is 1.82. The zero-order valence-electron chi connectivity index (χ0n) is 7.26. The predicted octanol–water partition coefficient (Wildman–Crippen LogP) is -0.815. The minimum atomic E-state index is -0.910. The lowest BCUT2D eigenvalue weighted by Crippen LogP contribution is -2.36. The second kappa shape index (κ2) is 5.54. The van der Waals surface area contributed by atoms with Crippen LogP contribution in [0.1, 0.15) is 13.3 Å². The first-order valence-corrected chi connectivity index (χ1v) is 3.74. The molecular weight excluding hydrogens is 160 g/mol. The van der Waals surface area contributed by atoms with Crippen LogP contribution < -0.4 is 10.6 Å². The van der Waals surface area contributed by atoms with Crippen LogP contribution in [0.3, 0.4) is 0 Å². The Balaban J connectivity index is 3.43. The molecule has 0 fully saturated rings. The Morgan fingerprint density at radius 3 is 2.50 bits per heavy atom. The van der Waals surface area contributed by atoms with E-state index in [2.05, 4.69) is 10.6 Å². The van der Waals surface area contributed by atoms with Crippen LogP contribution in [0.15, 0.2) is 0 Å². The van der Waals surface area contributed by atoms with Crippen LogP contribution in [0.25, 0.3) is 0 Å². The molecular formula is C7H14N2O3. The SMILES string of the molecule is CNC(=O)CCN[C@H](C)C(=O)O. The Morgan fingerprint density at radius 1 is 1.50 bits per heavy atom. The van der Waals surface area contributed by atoms with Crippen LogP contribution in [0.2, 0.25) is 0 Å². The highest BCUT2D eigenvalue weighted by molar-refractivity contribution is 5.76. The van der Waals surface area contributed by atoms with E-state index >= 15 is 0 Å². The van der Waals surface area contributed by atoms with Crippen molar-refractivity contribution in [3.8, 4) is 0 Å². The average molecular weight is 174 g/mol. The fourth-order valence-corrected chi connectivity index (χ4v) is 0.615. The van der Waals surface area contributed by atoms with E-state index in [1.54, 1.807) is 7.05 Å². The van der Waals surface area contributed by atoms with Gasteiger partial charge in [-0.1, -0.05) is 0 Å². The summed E-state index contributed by atoms with van der Waals surface area (Å²) in [5, 5.41) is 13.6. The van der Waals surface area contributed by atoms with Crippen LogP contribution in [-0.4, -0.2) is 36.6 Å². The van der Waals surface area contributed by atoms with Crippen LogP contribution in [0.4, 0.5) is 0 Å². The largest absolute Gasteiger partial charge is 0.480 e. The normalized spacial score (nSPS) is 12.2. The zero-order chi connectivity index (χ0) is 9.56. The summed E-state index contributed by atoms with van der Waals surface area (Å²) in [6.45, 7) is 1.92. The summed E-state index contributed by atoms with van der Waals surface area (Å²) in [6.07, 6.45) is 0.300. The molecule has 0 aromatic heterocycles. The van der Waals surface area contributed by atoms with E-state index in [1.807, 2.05) is 0 Å². The Kier molecular flexibility index (Phi) is 5.03. The van der Waals surface area contributed by atoms with Gasteiger partial charge in [-0.2, -0.15) is 0 Å². The molecule has 0 rings (SSSR count). The lowest BCUT2D eigenvalue weighted by atomic mass is 10.3. The number of carboxylic acids is 1. The molecule has 0 aliphatic carbocycles. The molecule has 0 unspecified atom stereocenters. The first kappa shape index (κ1) is 10.9. The van der Waals surface area contributed by atoms with Crippen molar-refractivity contribution in [2.24, 2.45) is 0 Å². The molecule has 0 bridgehead atoms. The zero-order valence-corrected chi connectivity index (χ0v) is 7.26. The maximum Gasteiger partial charge on any atom is 0.320 e. The van der Waals surface area contributed by atoms with Gasteiger partial charge in [-0.05, 0) is 6.92 Å². The lowest BCUT2D eigenvalue weighted by molar-refractivity contribution is -0.139. The molecule has 0 radical (unpaired) electrons. The standard InChI is InChI=1S/C7H14N2O3/c1-5(7(11)12)9-4-3-6(10)8-2/h5,9H,3-4H2,1-2H3,(H,8,10)(H,11,12)/t5-/m1/s1. The van der Waals surface area contributed by atoms with E-state index in [-0.39, 0.29) is 5.91 Å². The summed E-state index contributed by atoms with van der Waals surface area (Å²) < 4.78 is 0. The van der Waals surface area contributed by atoms with Crippen molar-refractivity contribution in [3.05, 3.63) is 0 Å². The molecule has 0 aromatic carbocycles. The number of carboxylic acid groups (broad SMARTS) is 1. The van der Waals surface area contributed by atoms with Gasteiger partial charge in [-0.25, -0.2) is 0 Å². The number of carbonyl (C=O) groups excluding carboxylic acids is 1. The van der Waals surface area contributed by atoms with Gasteiger partial charge in [0.1, 0.15) is 6.04 Å². The number of amides is 1. The summed E-state index contributed by atoms with van der Waals surface area (Å²) in [4.78, 5) is 20.9. The fraction of sp³-hybridized carbons (Fsp3) is 0.714. The molecule has 0 spiro atoms. The minimum Gasteiger partial charge on any atom is -0.480 e.